The van der Waals surface area contributed by atoms with Gasteiger partial charge in [-0.15, -0.1) is 0 Å². The third kappa shape index (κ3) is 2.52. The second-order valence-corrected chi connectivity index (χ2v) is 4.30. The van der Waals surface area contributed by atoms with Gasteiger partial charge in [-0.25, -0.2) is 26.3 Å². The Morgan fingerprint density at radius 1 is 0.750 bits per heavy atom. The van der Waals surface area contributed by atoms with Crippen molar-refractivity contribution in [3.63, 3.8) is 0 Å². The molecule has 0 aliphatic heterocycles. The minimum Gasteiger partial charge on any atom is -0.207 e. The van der Waals surface area contributed by atoms with E-state index in [4.69, 9.17) is 0 Å². The molecule has 0 unspecified atom stereocenters. The van der Waals surface area contributed by atoms with Crippen LogP contribution in [0.3, 0.4) is 0 Å². The molecule has 0 atom stereocenters. The average molecular weight is 288 g/mol. The second-order valence-electron chi connectivity index (χ2n) is 4.30. The number of rotatable bonds is 2. The quantitative estimate of drug-likeness (QED) is 0.451. The lowest BCUT2D eigenvalue weighted by atomic mass is 9.63. The maximum Gasteiger partial charge on any atom is 0.204 e. The van der Waals surface area contributed by atoms with Crippen LogP contribution in [0.2, 0.25) is 0 Å². The van der Waals surface area contributed by atoms with Crippen molar-refractivity contribution in [2.24, 2.45) is 0 Å². The van der Waals surface area contributed by atoms with Crippen LogP contribution in [0.4, 0.5) is 26.3 Å². The first-order valence-electron chi connectivity index (χ1n) is 5.57. The van der Waals surface area contributed by atoms with Crippen LogP contribution in [0.1, 0.15) is 5.56 Å². The number of benzene rings is 2. The summed E-state index contributed by atoms with van der Waals surface area (Å²) in [6.07, 6.45) is 0. The van der Waals surface area contributed by atoms with E-state index < -0.39 is 58.7 Å². The molecule has 0 fully saturated rings. The van der Waals surface area contributed by atoms with Crippen LogP contribution < -0.4 is 10.9 Å². The molecule has 20 heavy (non-hydrogen) atoms. The van der Waals surface area contributed by atoms with Crippen molar-refractivity contribution in [2.45, 2.75) is 6.92 Å². The highest BCUT2D eigenvalue weighted by molar-refractivity contribution is 6.67. The first-order valence-corrected chi connectivity index (χ1v) is 5.57. The highest BCUT2D eigenvalue weighted by Gasteiger charge is 2.20. The summed E-state index contributed by atoms with van der Waals surface area (Å²) in [5.41, 5.74) is -1.64. The molecule has 0 aromatic heterocycles. The molecule has 2 aromatic carbocycles. The van der Waals surface area contributed by atoms with Gasteiger partial charge in [-0.2, -0.15) is 0 Å². The summed E-state index contributed by atoms with van der Waals surface area (Å²) in [6.45, 7) is 1.08. The summed E-state index contributed by atoms with van der Waals surface area (Å²) >= 11 is 0. The van der Waals surface area contributed by atoms with Gasteiger partial charge in [0, 0.05) is 17.7 Å². The van der Waals surface area contributed by atoms with E-state index in [1.54, 1.807) is 0 Å². The Balaban J connectivity index is 2.54. The molecular formula is C13H7BF6. The molecule has 0 amide bonds. The van der Waals surface area contributed by atoms with Gasteiger partial charge in [0.2, 0.25) is 7.28 Å². The van der Waals surface area contributed by atoms with Gasteiger partial charge in [0.1, 0.15) is 23.3 Å². The molecule has 0 heterocycles. The highest BCUT2D eigenvalue weighted by atomic mass is 19.2. The molecule has 0 saturated heterocycles. The standard InChI is InChI=1S/C13H7BF6/c1-5-8(16)4-9(17)11(12(5)19)14-7-2-6(15)3-10(18)13(7)20/h2-4,14H,1H3. The highest BCUT2D eigenvalue weighted by Crippen LogP contribution is 2.12. The molecule has 0 nitrogen and oxygen atoms in total. The van der Waals surface area contributed by atoms with E-state index in [0.29, 0.717) is 18.2 Å². The van der Waals surface area contributed by atoms with Gasteiger partial charge in [0.25, 0.3) is 0 Å². The van der Waals surface area contributed by atoms with Crippen LogP contribution in [0, 0.1) is 41.8 Å². The van der Waals surface area contributed by atoms with Crippen molar-refractivity contribution < 1.29 is 26.3 Å². The molecule has 0 bridgehead atoms. The van der Waals surface area contributed by atoms with E-state index in [9.17, 15) is 26.3 Å². The molecule has 0 N–H and O–H groups in total. The normalized spacial score (nSPS) is 10.8. The van der Waals surface area contributed by atoms with Crippen molar-refractivity contribution in [3.8, 4) is 0 Å². The lowest BCUT2D eigenvalue weighted by Gasteiger charge is -2.09. The lowest BCUT2D eigenvalue weighted by molar-refractivity contribution is 0.500. The predicted octanol–water partition coefficient (Wildman–Crippen LogP) is 2.22. The van der Waals surface area contributed by atoms with Gasteiger partial charge in [0.15, 0.2) is 11.6 Å². The zero-order valence-electron chi connectivity index (χ0n) is 10.2. The lowest BCUT2D eigenvalue weighted by Crippen LogP contribution is -2.36. The molecule has 0 radical (unpaired) electrons. The van der Waals surface area contributed by atoms with Crippen LogP contribution >= 0.6 is 0 Å². The van der Waals surface area contributed by atoms with Gasteiger partial charge >= 0.3 is 0 Å². The van der Waals surface area contributed by atoms with Crippen molar-refractivity contribution >= 4 is 18.2 Å². The molecule has 0 aliphatic rings. The maximum absolute atomic E-state index is 13.8. The number of halogens is 6. The SMILES string of the molecule is Cc1c(F)cc(F)c(Bc2cc(F)cc(F)c2F)c1F. The second kappa shape index (κ2) is 5.23. The van der Waals surface area contributed by atoms with Gasteiger partial charge < -0.3 is 0 Å². The Hall–Kier alpha value is -1.92. The summed E-state index contributed by atoms with van der Waals surface area (Å²) < 4.78 is 79.8. The number of hydrogen-bond acceptors (Lipinski definition) is 0. The summed E-state index contributed by atoms with van der Waals surface area (Å²) in [4.78, 5) is 0. The van der Waals surface area contributed by atoms with Crippen molar-refractivity contribution in [1.82, 2.24) is 0 Å². The molecule has 2 aromatic rings. The van der Waals surface area contributed by atoms with Crippen LogP contribution in [0.5, 0.6) is 0 Å². The first kappa shape index (κ1) is 14.5. The Morgan fingerprint density at radius 2 is 1.40 bits per heavy atom. The molecular weight excluding hydrogens is 281 g/mol. The van der Waals surface area contributed by atoms with E-state index in [1.165, 1.54) is 0 Å². The smallest absolute Gasteiger partial charge is 0.204 e. The molecule has 0 spiro atoms. The molecule has 2 rings (SSSR count). The molecule has 7 heteroatoms. The Morgan fingerprint density at radius 3 is 2.05 bits per heavy atom. The van der Waals surface area contributed by atoms with E-state index in [0.717, 1.165) is 6.92 Å². The summed E-state index contributed by atoms with van der Waals surface area (Å²) in [5.74, 6) is -7.46. The van der Waals surface area contributed by atoms with Gasteiger partial charge in [-0.3, -0.25) is 0 Å². The van der Waals surface area contributed by atoms with Gasteiger partial charge in [-0.05, 0) is 23.9 Å². The third-order valence-corrected chi connectivity index (χ3v) is 2.93. The van der Waals surface area contributed by atoms with Crippen molar-refractivity contribution in [3.05, 3.63) is 58.7 Å². The zero-order chi connectivity index (χ0) is 15.0. The molecule has 0 saturated carbocycles. The van der Waals surface area contributed by atoms with Gasteiger partial charge in [0.05, 0.1) is 0 Å². The average Bonchev–Trinajstić information content (AvgIpc) is 2.37. The summed E-state index contributed by atoms with van der Waals surface area (Å²) in [7, 11) is -0.723. The van der Waals surface area contributed by atoms with E-state index in [2.05, 4.69) is 0 Å². The van der Waals surface area contributed by atoms with Crippen LogP contribution in [0.25, 0.3) is 0 Å². The molecule has 104 valence electrons. The van der Waals surface area contributed by atoms with Crippen molar-refractivity contribution in [1.29, 1.82) is 0 Å². The maximum atomic E-state index is 13.8. The topological polar surface area (TPSA) is 0 Å². The first-order chi connectivity index (χ1) is 9.31. The summed E-state index contributed by atoms with van der Waals surface area (Å²) in [6, 6.07) is 1.40. The fraction of sp³-hybridized carbons (Fsp3) is 0.0769. The Labute approximate surface area is 111 Å². The minimum absolute atomic E-state index is 0.321. The third-order valence-electron chi connectivity index (χ3n) is 2.93. The van der Waals surface area contributed by atoms with Crippen molar-refractivity contribution in [2.75, 3.05) is 0 Å². The zero-order valence-corrected chi connectivity index (χ0v) is 10.2. The predicted molar refractivity (Wildman–Crippen MR) is 63.8 cm³/mol. The fourth-order valence-electron chi connectivity index (χ4n) is 1.83. The number of hydrogen-bond donors (Lipinski definition) is 0. The fourth-order valence-corrected chi connectivity index (χ4v) is 1.83. The van der Waals surface area contributed by atoms with Gasteiger partial charge in [-0.1, -0.05) is 0 Å². The van der Waals surface area contributed by atoms with Crippen LogP contribution in [-0.4, -0.2) is 7.28 Å². The Kier molecular flexibility index (Phi) is 3.79. The van der Waals surface area contributed by atoms with Crippen LogP contribution in [0.15, 0.2) is 18.2 Å². The summed E-state index contributed by atoms with van der Waals surface area (Å²) in [5, 5.41) is 0. The Bertz CT molecular complexity index is 683. The van der Waals surface area contributed by atoms with E-state index in [-0.39, 0.29) is 0 Å². The van der Waals surface area contributed by atoms with E-state index in [1.807, 2.05) is 0 Å². The monoisotopic (exact) mass is 288 g/mol. The minimum atomic E-state index is -1.46. The molecule has 0 aliphatic carbocycles. The largest absolute Gasteiger partial charge is 0.207 e. The van der Waals surface area contributed by atoms with E-state index >= 15 is 0 Å². The van der Waals surface area contributed by atoms with Crippen LogP contribution in [-0.2, 0) is 0 Å².